The van der Waals surface area contributed by atoms with E-state index in [1.54, 1.807) is 6.20 Å². The molecule has 0 unspecified atom stereocenters. The number of hydrogen-bond acceptors (Lipinski definition) is 3. The summed E-state index contributed by atoms with van der Waals surface area (Å²) in [7, 11) is 0. The number of benzene rings is 4. The molecule has 0 aliphatic heterocycles. The fraction of sp³-hybridized carbons (Fsp3) is 0. The molecule has 0 amide bonds. The lowest BCUT2D eigenvalue weighted by atomic mass is 9.99. The SMILES string of the molecule is c1cncc(-c2cc(-c3ccc(-n4c5ccccc5c5cnccc54)cc3)cc(-c3ccc4ccccc4c3)n2)c1. The van der Waals surface area contributed by atoms with Gasteiger partial charge in [0.05, 0.1) is 22.4 Å². The zero-order valence-electron chi connectivity index (χ0n) is 22.1. The number of nitrogens with zero attached hydrogens (tertiary/aromatic N) is 4. The largest absolute Gasteiger partial charge is 0.309 e. The van der Waals surface area contributed by atoms with Gasteiger partial charge in [-0.1, -0.05) is 66.7 Å². The Morgan fingerprint density at radius 1 is 0.439 bits per heavy atom. The third-order valence-corrected chi connectivity index (χ3v) is 7.76. The summed E-state index contributed by atoms with van der Waals surface area (Å²) in [5, 5.41) is 4.78. The van der Waals surface area contributed by atoms with E-state index in [-0.39, 0.29) is 0 Å². The second-order valence-corrected chi connectivity index (χ2v) is 10.2. The lowest BCUT2D eigenvalue weighted by Crippen LogP contribution is -1.94. The number of para-hydroxylation sites is 1. The highest BCUT2D eigenvalue weighted by Gasteiger charge is 2.13. The van der Waals surface area contributed by atoms with Gasteiger partial charge in [0.15, 0.2) is 0 Å². The van der Waals surface area contributed by atoms with E-state index in [2.05, 4.69) is 130 Å². The minimum atomic E-state index is 0.901. The third kappa shape index (κ3) is 4.05. The first-order valence-electron chi connectivity index (χ1n) is 13.7. The molecule has 0 fully saturated rings. The second-order valence-electron chi connectivity index (χ2n) is 10.2. The minimum absolute atomic E-state index is 0.901. The van der Waals surface area contributed by atoms with Gasteiger partial charge in [0.2, 0.25) is 0 Å². The average molecular weight is 525 g/mol. The van der Waals surface area contributed by atoms with Crippen LogP contribution in [0.2, 0.25) is 0 Å². The standard InChI is InChI=1S/C37H24N4/c1-2-7-27-20-28(12-11-25(27)6-1)34-21-30(22-35(40-34)29-8-5-18-38-23-29)26-13-15-31(16-14-26)41-36-10-4-3-9-32(36)33-24-39-19-17-37(33)41/h1-24H. The molecule has 0 atom stereocenters. The molecule has 0 saturated carbocycles. The van der Waals surface area contributed by atoms with Crippen molar-refractivity contribution in [3.63, 3.8) is 0 Å². The van der Waals surface area contributed by atoms with E-state index >= 15 is 0 Å². The number of fused-ring (bicyclic) bond motifs is 4. The van der Waals surface area contributed by atoms with Crippen molar-refractivity contribution in [3.05, 3.63) is 146 Å². The predicted molar refractivity (Wildman–Crippen MR) is 168 cm³/mol. The van der Waals surface area contributed by atoms with Gasteiger partial charge in [0, 0.05) is 52.4 Å². The summed E-state index contributed by atoms with van der Waals surface area (Å²) in [6.07, 6.45) is 7.47. The third-order valence-electron chi connectivity index (χ3n) is 7.76. The molecule has 4 aromatic heterocycles. The Kier molecular flexibility index (Phi) is 5.42. The maximum Gasteiger partial charge on any atom is 0.0731 e. The quantitative estimate of drug-likeness (QED) is 0.231. The Hall–Kier alpha value is -5.61. The van der Waals surface area contributed by atoms with E-state index in [4.69, 9.17) is 4.98 Å². The highest BCUT2D eigenvalue weighted by Crippen LogP contribution is 2.34. The summed E-state index contributed by atoms with van der Waals surface area (Å²) < 4.78 is 2.31. The van der Waals surface area contributed by atoms with Crippen molar-refractivity contribution >= 4 is 32.6 Å². The van der Waals surface area contributed by atoms with Crippen LogP contribution in [0.1, 0.15) is 0 Å². The molecule has 0 spiro atoms. The van der Waals surface area contributed by atoms with E-state index in [9.17, 15) is 0 Å². The summed E-state index contributed by atoms with van der Waals surface area (Å²) >= 11 is 0. The van der Waals surface area contributed by atoms with Crippen LogP contribution in [0.3, 0.4) is 0 Å². The van der Waals surface area contributed by atoms with Gasteiger partial charge in [0.25, 0.3) is 0 Å². The smallest absolute Gasteiger partial charge is 0.0731 e. The summed E-state index contributed by atoms with van der Waals surface area (Å²) in [5.41, 5.74) is 9.59. The van der Waals surface area contributed by atoms with Crippen molar-refractivity contribution < 1.29 is 0 Å². The molecule has 4 aromatic carbocycles. The first kappa shape index (κ1) is 23.3. The van der Waals surface area contributed by atoms with E-state index < -0.39 is 0 Å². The van der Waals surface area contributed by atoms with Crippen molar-refractivity contribution in [2.24, 2.45) is 0 Å². The molecule has 41 heavy (non-hydrogen) atoms. The predicted octanol–water partition coefficient (Wildman–Crippen LogP) is 9.12. The molecule has 0 aliphatic carbocycles. The molecule has 4 heteroatoms. The topological polar surface area (TPSA) is 43.6 Å². The fourth-order valence-corrected chi connectivity index (χ4v) is 5.75. The highest BCUT2D eigenvalue weighted by molar-refractivity contribution is 6.08. The fourth-order valence-electron chi connectivity index (χ4n) is 5.75. The van der Waals surface area contributed by atoms with Crippen LogP contribution >= 0.6 is 0 Å². The van der Waals surface area contributed by atoms with Gasteiger partial charge >= 0.3 is 0 Å². The molecule has 4 nitrogen and oxygen atoms in total. The zero-order chi connectivity index (χ0) is 27.2. The van der Waals surface area contributed by atoms with Crippen molar-refractivity contribution in [1.29, 1.82) is 0 Å². The summed E-state index contributed by atoms with van der Waals surface area (Å²) in [5.74, 6) is 0. The molecule has 0 saturated heterocycles. The monoisotopic (exact) mass is 524 g/mol. The normalized spacial score (nSPS) is 11.4. The van der Waals surface area contributed by atoms with Gasteiger partial charge in [-0.2, -0.15) is 0 Å². The lowest BCUT2D eigenvalue weighted by molar-refractivity contribution is 1.17. The molecule has 4 heterocycles. The minimum Gasteiger partial charge on any atom is -0.309 e. The van der Waals surface area contributed by atoms with Crippen LogP contribution in [-0.2, 0) is 0 Å². The number of aromatic nitrogens is 4. The molecule has 0 bridgehead atoms. The van der Waals surface area contributed by atoms with Crippen molar-refractivity contribution in [1.82, 2.24) is 19.5 Å². The van der Waals surface area contributed by atoms with Crippen LogP contribution < -0.4 is 0 Å². The maximum absolute atomic E-state index is 5.08. The maximum atomic E-state index is 5.08. The van der Waals surface area contributed by atoms with Gasteiger partial charge in [-0.3, -0.25) is 9.97 Å². The molecule has 0 radical (unpaired) electrons. The van der Waals surface area contributed by atoms with Gasteiger partial charge in [-0.15, -0.1) is 0 Å². The van der Waals surface area contributed by atoms with E-state index in [1.807, 2.05) is 24.7 Å². The molecule has 192 valence electrons. The zero-order valence-corrected chi connectivity index (χ0v) is 22.1. The Morgan fingerprint density at radius 3 is 2.02 bits per heavy atom. The van der Waals surface area contributed by atoms with Gasteiger partial charge in [-0.25, -0.2) is 4.98 Å². The Morgan fingerprint density at radius 2 is 1.17 bits per heavy atom. The number of pyridine rings is 3. The van der Waals surface area contributed by atoms with Crippen LogP contribution in [-0.4, -0.2) is 19.5 Å². The summed E-state index contributed by atoms with van der Waals surface area (Å²) in [6, 6.07) is 42.7. The molecular formula is C37H24N4. The average Bonchev–Trinajstić information content (AvgIpc) is 3.39. The highest BCUT2D eigenvalue weighted by atomic mass is 15.0. The molecule has 0 aliphatic rings. The summed E-state index contributed by atoms with van der Waals surface area (Å²) in [6.45, 7) is 0. The van der Waals surface area contributed by atoms with Gasteiger partial charge in [0.1, 0.15) is 0 Å². The molecule has 0 N–H and O–H groups in total. The Labute approximate surface area is 237 Å². The second kappa shape index (κ2) is 9.54. The number of rotatable bonds is 4. The molecular weight excluding hydrogens is 500 g/mol. The van der Waals surface area contributed by atoms with E-state index in [1.165, 1.54) is 21.7 Å². The van der Waals surface area contributed by atoms with Gasteiger partial charge in [-0.05, 0) is 76.5 Å². The van der Waals surface area contributed by atoms with Crippen LogP contribution in [0.4, 0.5) is 0 Å². The lowest BCUT2D eigenvalue weighted by Gasteiger charge is -2.12. The molecule has 8 aromatic rings. The van der Waals surface area contributed by atoms with Crippen LogP contribution in [0, 0.1) is 0 Å². The Bertz CT molecular complexity index is 2140. The summed E-state index contributed by atoms with van der Waals surface area (Å²) in [4.78, 5) is 13.8. The van der Waals surface area contributed by atoms with Crippen LogP contribution in [0.5, 0.6) is 0 Å². The van der Waals surface area contributed by atoms with Crippen molar-refractivity contribution in [3.8, 4) is 39.3 Å². The first-order valence-corrected chi connectivity index (χ1v) is 13.7. The van der Waals surface area contributed by atoms with Crippen molar-refractivity contribution in [2.75, 3.05) is 0 Å². The first-order chi connectivity index (χ1) is 20.3. The van der Waals surface area contributed by atoms with Crippen molar-refractivity contribution in [2.45, 2.75) is 0 Å². The van der Waals surface area contributed by atoms with Crippen LogP contribution in [0.15, 0.2) is 146 Å². The number of hydrogen-bond donors (Lipinski definition) is 0. The van der Waals surface area contributed by atoms with Crippen LogP contribution in [0.25, 0.3) is 71.9 Å². The molecule has 8 rings (SSSR count). The van der Waals surface area contributed by atoms with E-state index in [0.717, 1.165) is 50.2 Å². The van der Waals surface area contributed by atoms with Gasteiger partial charge < -0.3 is 4.57 Å². The van der Waals surface area contributed by atoms with E-state index in [0.29, 0.717) is 0 Å². The Balaban J connectivity index is 1.27.